The maximum Gasteiger partial charge on any atom is 0.274 e. The Hall–Kier alpha value is -1.95. The van der Waals surface area contributed by atoms with Gasteiger partial charge in [-0.1, -0.05) is 0 Å². The third-order valence-electron chi connectivity index (χ3n) is 3.36. The molecule has 1 unspecified atom stereocenters. The first-order chi connectivity index (χ1) is 10.0. The minimum atomic E-state index is -0.0641. The fraction of sp³-hybridized carbons (Fsp3) is 0.333. The molecule has 1 heterocycles. The summed E-state index contributed by atoms with van der Waals surface area (Å²) in [6.45, 7) is 2.03. The molecule has 0 radical (unpaired) electrons. The third kappa shape index (κ3) is 3.58. The van der Waals surface area contributed by atoms with Crippen LogP contribution in [0.1, 0.15) is 17.4 Å². The highest BCUT2D eigenvalue weighted by atomic mass is 32.2. The zero-order chi connectivity index (χ0) is 15.4. The minimum Gasteiger partial charge on any atom is -0.399 e. The summed E-state index contributed by atoms with van der Waals surface area (Å²) in [6, 6.07) is 9.28. The van der Waals surface area contributed by atoms with E-state index in [0.717, 1.165) is 11.4 Å². The number of nitrogens with two attached hydrogens (primary N) is 1. The van der Waals surface area contributed by atoms with E-state index in [1.54, 1.807) is 33.6 Å². The Bertz CT molecular complexity index is 608. The molecule has 0 spiro atoms. The molecule has 2 aromatic rings. The highest BCUT2D eigenvalue weighted by Crippen LogP contribution is 2.13. The van der Waals surface area contributed by atoms with Crippen molar-refractivity contribution in [2.45, 2.75) is 13.0 Å². The van der Waals surface area contributed by atoms with E-state index in [0.29, 0.717) is 11.4 Å². The van der Waals surface area contributed by atoms with E-state index in [4.69, 9.17) is 5.73 Å². The van der Waals surface area contributed by atoms with Crippen LogP contribution in [0.5, 0.6) is 0 Å². The van der Waals surface area contributed by atoms with Gasteiger partial charge in [0.25, 0.3) is 5.91 Å². The lowest BCUT2D eigenvalue weighted by Gasteiger charge is -2.23. The number of anilines is 1. The SMILES string of the molecule is CSCC(C)N(C)C(=O)c1ccn(-c2ccc(N)cc2)n1. The molecular weight excluding hydrogens is 284 g/mol. The number of rotatable bonds is 5. The summed E-state index contributed by atoms with van der Waals surface area (Å²) < 4.78 is 1.68. The van der Waals surface area contributed by atoms with Crippen molar-refractivity contribution in [2.24, 2.45) is 0 Å². The van der Waals surface area contributed by atoms with Crippen LogP contribution in [-0.4, -0.2) is 45.7 Å². The van der Waals surface area contributed by atoms with Crippen LogP contribution in [0.4, 0.5) is 5.69 Å². The van der Waals surface area contributed by atoms with Crippen molar-refractivity contribution in [1.29, 1.82) is 0 Å². The zero-order valence-electron chi connectivity index (χ0n) is 12.5. The van der Waals surface area contributed by atoms with E-state index in [2.05, 4.69) is 5.10 Å². The van der Waals surface area contributed by atoms with Gasteiger partial charge in [0, 0.05) is 30.7 Å². The molecule has 2 N–H and O–H groups in total. The third-order valence-corrected chi connectivity index (χ3v) is 4.17. The highest BCUT2D eigenvalue weighted by molar-refractivity contribution is 7.98. The van der Waals surface area contributed by atoms with Crippen molar-refractivity contribution in [3.63, 3.8) is 0 Å². The number of hydrogen-bond donors (Lipinski definition) is 1. The molecule has 5 nitrogen and oxygen atoms in total. The van der Waals surface area contributed by atoms with Gasteiger partial charge in [-0.25, -0.2) is 4.68 Å². The van der Waals surface area contributed by atoms with Crippen molar-refractivity contribution >= 4 is 23.4 Å². The largest absolute Gasteiger partial charge is 0.399 e. The van der Waals surface area contributed by atoms with Crippen LogP contribution >= 0.6 is 11.8 Å². The molecule has 0 fully saturated rings. The molecule has 6 heteroatoms. The number of amides is 1. The van der Waals surface area contributed by atoms with Crippen LogP contribution < -0.4 is 5.73 Å². The molecule has 21 heavy (non-hydrogen) atoms. The molecule has 1 amide bonds. The molecule has 0 aliphatic heterocycles. The first-order valence-electron chi connectivity index (χ1n) is 6.70. The molecule has 1 atom stereocenters. The Labute approximate surface area is 129 Å². The number of nitrogens with zero attached hydrogens (tertiary/aromatic N) is 3. The van der Waals surface area contributed by atoms with Gasteiger partial charge in [0.05, 0.1) is 5.69 Å². The van der Waals surface area contributed by atoms with Gasteiger partial charge in [-0.15, -0.1) is 0 Å². The second kappa shape index (κ2) is 6.67. The van der Waals surface area contributed by atoms with Crippen molar-refractivity contribution in [3.05, 3.63) is 42.2 Å². The van der Waals surface area contributed by atoms with E-state index in [1.807, 2.05) is 44.5 Å². The molecule has 0 saturated carbocycles. The molecule has 0 bridgehead atoms. The van der Waals surface area contributed by atoms with Gasteiger partial charge >= 0.3 is 0 Å². The number of nitrogen functional groups attached to an aromatic ring is 1. The summed E-state index contributed by atoms with van der Waals surface area (Å²) in [5.74, 6) is 0.840. The fourth-order valence-corrected chi connectivity index (χ4v) is 2.65. The highest BCUT2D eigenvalue weighted by Gasteiger charge is 2.19. The Morgan fingerprint density at radius 1 is 1.38 bits per heavy atom. The van der Waals surface area contributed by atoms with Gasteiger partial charge in [0.15, 0.2) is 5.69 Å². The number of thioether (sulfide) groups is 1. The molecule has 0 saturated heterocycles. The molecule has 0 aliphatic rings. The second-order valence-electron chi connectivity index (χ2n) is 4.96. The van der Waals surface area contributed by atoms with E-state index < -0.39 is 0 Å². The van der Waals surface area contributed by atoms with Gasteiger partial charge in [0.1, 0.15) is 0 Å². The quantitative estimate of drug-likeness (QED) is 0.861. The maximum absolute atomic E-state index is 12.4. The topological polar surface area (TPSA) is 64.2 Å². The van der Waals surface area contributed by atoms with Gasteiger partial charge in [-0.05, 0) is 43.5 Å². The summed E-state index contributed by atoms with van der Waals surface area (Å²) in [4.78, 5) is 14.1. The molecular formula is C15H20N4OS. The van der Waals surface area contributed by atoms with Crippen LogP contribution in [0.25, 0.3) is 5.69 Å². The predicted octanol–water partition coefficient (Wildman–Crippen LogP) is 2.28. The molecule has 1 aromatic heterocycles. The van der Waals surface area contributed by atoms with E-state index in [-0.39, 0.29) is 11.9 Å². The molecule has 2 rings (SSSR count). The summed E-state index contributed by atoms with van der Waals surface area (Å²) in [7, 11) is 1.81. The normalized spacial score (nSPS) is 12.1. The fourth-order valence-electron chi connectivity index (χ4n) is 1.94. The summed E-state index contributed by atoms with van der Waals surface area (Å²) in [6.07, 6.45) is 3.82. The van der Waals surface area contributed by atoms with Gasteiger partial charge in [0.2, 0.25) is 0 Å². The number of benzene rings is 1. The van der Waals surface area contributed by atoms with Crippen molar-refractivity contribution < 1.29 is 4.79 Å². The predicted molar refractivity (Wildman–Crippen MR) is 87.9 cm³/mol. The average Bonchev–Trinajstić information content (AvgIpc) is 2.96. The first kappa shape index (κ1) is 15.4. The van der Waals surface area contributed by atoms with Crippen LogP contribution in [0.15, 0.2) is 36.5 Å². The standard InChI is InChI=1S/C15H20N4OS/c1-11(10-21-3)18(2)15(20)14-8-9-19(17-14)13-6-4-12(16)5-7-13/h4-9,11H,10,16H2,1-3H3. The van der Waals surface area contributed by atoms with E-state index in [9.17, 15) is 4.79 Å². The van der Waals surface area contributed by atoms with E-state index in [1.165, 1.54) is 0 Å². The Morgan fingerprint density at radius 3 is 2.67 bits per heavy atom. The monoisotopic (exact) mass is 304 g/mol. The lowest BCUT2D eigenvalue weighted by molar-refractivity contribution is 0.0751. The van der Waals surface area contributed by atoms with Crippen molar-refractivity contribution in [3.8, 4) is 5.69 Å². The second-order valence-corrected chi connectivity index (χ2v) is 5.87. The summed E-state index contributed by atoms with van der Waals surface area (Å²) >= 11 is 1.72. The van der Waals surface area contributed by atoms with Crippen molar-refractivity contribution in [1.82, 2.24) is 14.7 Å². The molecule has 112 valence electrons. The number of carbonyl (C=O) groups is 1. The van der Waals surface area contributed by atoms with Crippen LogP contribution in [0.2, 0.25) is 0 Å². The average molecular weight is 304 g/mol. The zero-order valence-corrected chi connectivity index (χ0v) is 13.3. The number of aromatic nitrogens is 2. The maximum atomic E-state index is 12.4. The lowest BCUT2D eigenvalue weighted by atomic mass is 10.3. The van der Waals surface area contributed by atoms with Gasteiger partial charge < -0.3 is 10.6 Å². The smallest absolute Gasteiger partial charge is 0.274 e. The summed E-state index contributed by atoms with van der Waals surface area (Å²) in [5, 5.41) is 4.35. The summed E-state index contributed by atoms with van der Waals surface area (Å²) in [5.41, 5.74) is 7.69. The van der Waals surface area contributed by atoms with Crippen LogP contribution in [0.3, 0.4) is 0 Å². The van der Waals surface area contributed by atoms with Crippen LogP contribution in [-0.2, 0) is 0 Å². The Balaban J connectivity index is 2.15. The van der Waals surface area contributed by atoms with Gasteiger partial charge in [-0.3, -0.25) is 4.79 Å². The lowest BCUT2D eigenvalue weighted by Crippen LogP contribution is -2.36. The minimum absolute atomic E-state index is 0.0641. The number of carbonyl (C=O) groups excluding carboxylic acids is 1. The molecule has 1 aromatic carbocycles. The van der Waals surface area contributed by atoms with Crippen molar-refractivity contribution in [2.75, 3.05) is 24.8 Å². The number of hydrogen-bond acceptors (Lipinski definition) is 4. The van der Waals surface area contributed by atoms with Crippen LogP contribution in [0, 0.1) is 0 Å². The molecule has 0 aliphatic carbocycles. The van der Waals surface area contributed by atoms with Gasteiger partial charge in [-0.2, -0.15) is 16.9 Å². The first-order valence-corrected chi connectivity index (χ1v) is 8.10. The Kier molecular flexibility index (Phi) is 4.90. The van der Waals surface area contributed by atoms with E-state index >= 15 is 0 Å². The Morgan fingerprint density at radius 2 is 2.05 bits per heavy atom.